The maximum Gasteiger partial charge on any atom is 0.387 e. The molecule has 1 fully saturated rings. The molecule has 1 heterocycles. The van der Waals surface area contributed by atoms with E-state index >= 15 is 0 Å². The average molecular weight is 270 g/mol. The van der Waals surface area contributed by atoms with Crippen molar-refractivity contribution in [2.24, 2.45) is 0 Å². The van der Waals surface area contributed by atoms with Crippen molar-refractivity contribution in [1.29, 1.82) is 0 Å². The third-order valence-corrected chi connectivity index (χ3v) is 3.16. The normalized spacial score (nSPS) is 19.9. The monoisotopic (exact) mass is 270 g/mol. The van der Waals surface area contributed by atoms with E-state index in [1.54, 1.807) is 25.2 Å². The third-order valence-electron chi connectivity index (χ3n) is 3.16. The Balaban J connectivity index is 2.27. The van der Waals surface area contributed by atoms with Gasteiger partial charge in [-0.3, -0.25) is 4.79 Å². The molecule has 0 saturated carbocycles. The molecule has 1 saturated heterocycles. The number of ether oxygens (including phenoxy) is 1. The van der Waals surface area contributed by atoms with Crippen molar-refractivity contribution in [1.82, 2.24) is 5.32 Å². The first-order valence-electron chi connectivity index (χ1n) is 6.16. The second-order valence-corrected chi connectivity index (χ2v) is 4.32. The lowest BCUT2D eigenvalue weighted by molar-refractivity contribution is -0.121. The summed E-state index contributed by atoms with van der Waals surface area (Å²) in [6.07, 6.45) is 1.57. The van der Waals surface area contributed by atoms with E-state index in [1.165, 1.54) is 11.0 Å². The zero-order chi connectivity index (χ0) is 13.8. The number of benzene rings is 1. The lowest BCUT2D eigenvalue weighted by Gasteiger charge is -2.32. The number of para-hydroxylation sites is 2. The summed E-state index contributed by atoms with van der Waals surface area (Å²) in [5.41, 5.74) is 0.396. The molecule has 1 aromatic rings. The Labute approximate surface area is 110 Å². The van der Waals surface area contributed by atoms with Crippen molar-refractivity contribution >= 4 is 11.6 Å². The number of carbonyl (C=O) groups excluding carboxylic acids is 1. The molecule has 1 atom stereocenters. The van der Waals surface area contributed by atoms with Crippen LogP contribution in [0.2, 0.25) is 0 Å². The maximum atomic E-state index is 12.4. The van der Waals surface area contributed by atoms with Crippen molar-refractivity contribution in [3.8, 4) is 5.75 Å². The SMILES string of the molecule is CNC1CCCN(c2ccccc2OC(F)F)C1=O. The van der Waals surface area contributed by atoms with E-state index in [4.69, 9.17) is 0 Å². The third kappa shape index (κ3) is 3.01. The van der Waals surface area contributed by atoms with Gasteiger partial charge in [0.2, 0.25) is 5.91 Å². The molecule has 1 amide bonds. The zero-order valence-electron chi connectivity index (χ0n) is 10.6. The number of amides is 1. The molecule has 1 aromatic carbocycles. The molecule has 1 aliphatic rings. The van der Waals surface area contributed by atoms with E-state index in [9.17, 15) is 13.6 Å². The Morgan fingerprint density at radius 2 is 2.16 bits per heavy atom. The summed E-state index contributed by atoms with van der Waals surface area (Å²) < 4.78 is 29.2. The van der Waals surface area contributed by atoms with Crippen LogP contribution in [0.15, 0.2) is 24.3 Å². The van der Waals surface area contributed by atoms with Gasteiger partial charge in [0.15, 0.2) is 0 Å². The Morgan fingerprint density at radius 1 is 1.42 bits per heavy atom. The first-order chi connectivity index (χ1) is 9.13. The highest BCUT2D eigenvalue weighted by molar-refractivity contribution is 5.99. The van der Waals surface area contributed by atoms with Gasteiger partial charge in [-0.1, -0.05) is 12.1 Å². The number of rotatable bonds is 4. The quantitative estimate of drug-likeness (QED) is 0.910. The molecular formula is C13H16F2N2O2. The van der Waals surface area contributed by atoms with Crippen LogP contribution >= 0.6 is 0 Å². The number of likely N-dealkylation sites (N-methyl/N-ethyl adjacent to an activating group) is 1. The first-order valence-corrected chi connectivity index (χ1v) is 6.16. The number of hydrogen-bond acceptors (Lipinski definition) is 3. The highest BCUT2D eigenvalue weighted by Gasteiger charge is 2.30. The molecule has 19 heavy (non-hydrogen) atoms. The van der Waals surface area contributed by atoms with Gasteiger partial charge in [-0.15, -0.1) is 0 Å². The van der Waals surface area contributed by atoms with Gasteiger partial charge in [0.05, 0.1) is 11.7 Å². The fourth-order valence-corrected chi connectivity index (χ4v) is 2.26. The highest BCUT2D eigenvalue weighted by Crippen LogP contribution is 2.31. The molecule has 4 nitrogen and oxygen atoms in total. The van der Waals surface area contributed by atoms with Gasteiger partial charge in [-0.2, -0.15) is 8.78 Å². The minimum absolute atomic E-state index is 0.0302. The number of carbonyl (C=O) groups is 1. The topological polar surface area (TPSA) is 41.6 Å². The lowest BCUT2D eigenvalue weighted by atomic mass is 10.0. The summed E-state index contributed by atoms with van der Waals surface area (Å²) in [7, 11) is 1.72. The van der Waals surface area contributed by atoms with Gasteiger partial charge >= 0.3 is 6.61 Å². The molecular weight excluding hydrogens is 254 g/mol. The van der Waals surface area contributed by atoms with Crippen LogP contribution in [0, 0.1) is 0 Å². The largest absolute Gasteiger partial charge is 0.433 e. The summed E-state index contributed by atoms with van der Waals surface area (Å²) >= 11 is 0. The molecule has 0 bridgehead atoms. The van der Waals surface area contributed by atoms with Gasteiger partial charge in [0, 0.05) is 6.54 Å². The molecule has 104 valence electrons. The van der Waals surface area contributed by atoms with E-state index in [1.807, 2.05) is 0 Å². The Hall–Kier alpha value is -1.69. The maximum absolute atomic E-state index is 12.4. The van der Waals surface area contributed by atoms with E-state index in [-0.39, 0.29) is 17.7 Å². The molecule has 6 heteroatoms. The molecule has 0 spiro atoms. The molecule has 0 radical (unpaired) electrons. The Bertz CT molecular complexity index is 454. The molecule has 2 rings (SSSR count). The number of anilines is 1. The molecule has 1 aliphatic heterocycles. The first kappa shape index (κ1) is 13.7. The average Bonchev–Trinajstić information content (AvgIpc) is 2.39. The van der Waals surface area contributed by atoms with Gasteiger partial charge in [0.1, 0.15) is 5.75 Å². The van der Waals surface area contributed by atoms with Crippen LogP contribution in [0.3, 0.4) is 0 Å². The molecule has 1 N–H and O–H groups in total. The summed E-state index contributed by atoms with van der Waals surface area (Å²) in [6, 6.07) is 6.09. The van der Waals surface area contributed by atoms with E-state index < -0.39 is 6.61 Å². The van der Waals surface area contributed by atoms with Crippen molar-refractivity contribution in [3.63, 3.8) is 0 Å². The fourth-order valence-electron chi connectivity index (χ4n) is 2.26. The minimum atomic E-state index is -2.90. The predicted molar refractivity (Wildman–Crippen MR) is 67.5 cm³/mol. The number of halogens is 2. The number of hydrogen-bond donors (Lipinski definition) is 1. The number of nitrogens with one attached hydrogen (secondary N) is 1. The van der Waals surface area contributed by atoms with Gasteiger partial charge in [-0.25, -0.2) is 0 Å². The Kier molecular flexibility index (Phi) is 4.31. The van der Waals surface area contributed by atoms with Crippen molar-refractivity contribution < 1.29 is 18.3 Å². The number of alkyl halides is 2. The highest BCUT2D eigenvalue weighted by atomic mass is 19.3. The molecule has 0 aromatic heterocycles. The van der Waals surface area contributed by atoms with E-state index in [2.05, 4.69) is 10.1 Å². The second-order valence-electron chi connectivity index (χ2n) is 4.32. The smallest absolute Gasteiger partial charge is 0.387 e. The van der Waals surface area contributed by atoms with Gasteiger partial charge in [0.25, 0.3) is 0 Å². The number of nitrogens with zero attached hydrogens (tertiary/aromatic N) is 1. The van der Waals surface area contributed by atoms with E-state index in [0.717, 1.165) is 12.8 Å². The second kappa shape index (κ2) is 5.97. The van der Waals surface area contributed by atoms with E-state index in [0.29, 0.717) is 12.2 Å². The Morgan fingerprint density at radius 3 is 2.84 bits per heavy atom. The van der Waals surface area contributed by atoms with Crippen LogP contribution in [0.5, 0.6) is 5.75 Å². The van der Waals surface area contributed by atoms with Crippen molar-refractivity contribution in [3.05, 3.63) is 24.3 Å². The van der Waals surface area contributed by atoms with Crippen molar-refractivity contribution in [2.75, 3.05) is 18.5 Å². The van der Waals surface area contributed by atoms with Crippen LogP contribution in [0.4, 0.5) is 14.5 Å². The fraction of sp³-hybridized carbons (Fsp3) is 0.462. The van der Waals surface area contributed by atoms with Crippen LogP contribution in [0.1, 0.15) is 12.8 Å². The predicted octanol–water partition coefficient (Wildman–Crippen LogP) is 2.00. The summed E-state index contributed by atoms with van der Waals surface area (Å²) in [6.45, 7) is -2.39. The van der Waals surface area contributed by atoms with Crippen LogP contribution in [0.25, 0.3) is 0 Å². The van der Waals surface area contributed by atoms with Crippen molar-refractivity contribution in [2.45, 2.75) is 25.5 Å². The minimum Gasteiger partial charge on any atom is -0.433 e. The van der Waals surface area contributed by atoms with Gasteiger partial charge in [-0.05, 0) is 32.0 Å². The number of piperidine rings is 1. The standard InChI is InChI=1S/C13H16F2N2O2/c1-16-9-5-4-8-17(12(9)18)10-6-2-3-7-11(10)19-13(14)15/h2-3,6-7,9,13,16H,4-5,8H2,1H3. The summed E-state index contributed by atoms with van der Waals surface area (Å²) in [5, 5.41) is 2.93. The molecule has 0 aliphatic carbocycles. The lowest BCUT2D eigenvalue weighted by Crippen LogP contribution is -2.49. The summed E-state index contributed by atoms with van der Waals surface area (Å²) in [5.74, 6) is -0.0818. The summed E-state index contributed by atoms with van der Waals surface area (Å²) in [4.78, 5) is 13.7. The van der Waals surface area contributed by atoms with Crippen LogP contribution in [-0.2, 0) is 4.79 Å². The van der Waals surface area contributed by atoms with Gasteiger partial charge < -0.3 is 15.0 Å². The van der Waals surface area contributed by atoms with Crippen LogP contribution < -0.4 is 15.0 Å². The molecule has 1 unspecified atom stereocenters. The van der Waals surface area contributed by atoms with Crippen LogP contribution in [-0.4, -0.2) is 32.2 Å². The zero-order valence-corrected chi connectivity index (χ0v) is 10.6.